The third-order valence-corrected chi connectivity index (χ3v) is 3.45. The van der Waals surface area contributed by atoms with E-state index in [2.05, 4.69) is 36.7 Å². The van der Waals surface area contributed by atoms with Gasteiger partial charge in [-0.15, -0.1) is 0 Å². The molecule has 0 fully saturated rings. The topological polar surface area (TPSA) is 26.0 Å². The first-order valence-electron chi connectivity index (χ1n) is 4.53. The van der Waals surface area contributed by atoms with Crippen molar-refractivity contribution < 1.29 is 0 Å². The van der Waals surface area contributed by atoms with Crippen LogP contribution < -0.4 is 5.73 Å². The molecule has 1 atom stereocenters. The van der Waals surface area contributed by atoms with Crippen LogP contribution in [0.15, 0.2) is 22.7 Å². The fourth-order valence-corrected chi connectivity index (χ4v) is 1.72. The molecule has 2 N–H and O–H groups in total. The molecule has 0 aromatic heterocycles. The maximum Gasteiger partial charge on any atom is 0.0548 e. The van der Waals surface area contributed by atoms with Crippen molar-refractivity contribution in [2.45, 2.75) is 26.8 Å². The van der Waals surface area contributed by atoms with Crippen LogP contribution in [-0.4, -0.2) is 0 Å². The van der Waals surface area contributed by atoms with E-state index in [0.717, 1.165) is 15.1 Å². The second kappa shape index (κ2) is 4.21. The average Bonchev–Trinajstić information content (AvgIpc) is 2.07. The van der Waals surface area contributed by atoms with E-state index >= 15 is 0 Å². The molecule has 14 heavy (non-hydrogen) atoms. The zero-order valence-electron chi connectivity index (χ0n) is 8.64. The zero-order chi connectivity index (χ0) is 10.9. The van der Waals surface area contributed by atoms with Crippen LogP contribution in [-0.2, 0) is 0 Å². The molecule has 0 saturated carbocycles. The minimum Gasteiger partial charge on any atom is -0.324 e. The third kappa shape index (κ3) is 2.72. The summed E-state index contributed by atoms with van der Waals surface area (Å²) in [6.07, 6.45) is 0. The van der Waals surface area contributed by atoms with Crippen molar-refractivity contribution in [1.29, 1.82) is 0 Å². The summed E-state index contributed by atoms with van der Waals surface area (Å²) in [5.41, 5.74) is 7.30. The molecule has 0 aliphatic carbocycles. The number of benzene rings is 1. The van der Waals surface area contributed by atoms with Gasteiger partial charge in [-0.3, -0.25) is 0 Å². The molecule has 0 saturated heterocycles. The van der Waals surface area contributed by atoms with E-state index in [9.17, 15) is 0 Å². The van der Waals surface area contributed by atoms with Crippen molar-refractivity contribution in [3.8, 4) is 0 Å². The van der Waals surface area contributed by atoms with Gasteiger partial charge < -0.3 is 5.73 Å². The van der Waals surface area contributed by atoms with E-state index in [4.69, 9.17) is 17.3 Å². The quantitative estimate of drug-likeness (QED) is 0.819. The Balaban J connectivity index is 3.03. The van der Waals surface area contributed by atoms with Gasteiger partial charge in [-0.1, -0.05) is 38.4 Å². The van der Waals surface area contributed by atoms with Gasteiger partial charge in [0.1, 0.15) is 0 Å². The second-order valence-electron chi connectivity index (χ2n) is 4.52. The molecule has 1 rings (SSSR count). The summed E-state index contributed by atoms with van der Waals surface area (Å²) in [6.45, 7) is 6.38. The highest BCUT2D eigenvalue weighted by Crippen LogP contribution is 2.33. The molecule has 0 amide bonds. The molecule has 0 bridgehead atoms. The molecular weight excluding hydrogens is 261 g/mol. The fourth-order valence-electron chi connectivity index (χ4n) is 1.21. The molecule has 0 heterocycles. The molecule has 1 aromatic rings. The monoisotopic (exact) mass is 275 g/mol. The summed E-state index contributed by atoms with van der Waals surface area (Å²) in [7, 11) is 0. The van der Waals surface area contributed by atoms with Crippen molar-refractivity contribution in [3.05, 3.63) is 33.3 Å². The van der Waals surface area contributed by atoms with Gasteiger partial charge in [0.15, 0.2) is 0 Å². The van der Waals surface area contributed by atoms with Gasteiger partial charge in [-0.05, 0) is 39.0 Å². The molecule has 1 unspecified atom stereocenters. The highest BCUT2D eigenvalue weighted by molar-refractivity contribution is 9.10. The normalized spacial score (nSPS) is 14.1. The first-order chi connectivity index (χ1) is 6.32. The lowest BCUT2D eigenvalue weighted by atomic mass is 9.83. The van der Waals surface area contributed by atoms with Crippen LogP contribution in [0, 0.1) is 5.41 Å². The van der Waals surface area contributed by atoms with E-state index in [1.54, 1.807) is 0 Å². The molecule has 78 valence electrons. The van der Waals surface area contributed by atoms with Gasteiger partial charge in [-0.2, -0.15) is 0 Å². The van der Waals surface area contributed by atoms with Crippen molar-refractivity contribution in [2.24, 2.45) is 11.1 Å². The van der Waals surface area contributed by atoms with Crippen LogP contribution in [0.3, 0.4) is 0 Å². The Morgan fingerprint density at radius 3 is 2.36 bits per heavy atom. The number of hydrogen-bond donors (Lipinski definition) is 1. The van der Waals surface area contributed by atoms with Gasteiger partial charge in [-0.25, -0.2) is 0 Å². The van der Waals surface area contributed by atoms with E-state index in [1.165, 1.54) is 0 Å². The van der Waals surface area contributed by atoms with Crippen molar-refractivity contribution >= 4 is 27.5 Å². The maximum atomic E-state index is 6.13. The van der Waals surface area contributed by atoms with Crippen LogP contribution in [0.1, 0.15) is 32.4 Å². The SMILES string of the molecule is CC(C)(C)C(N)c1ccc(Cl)c(Br)c1. The summed E-state index contributed by atoms with van der Waals surface area (Å²) >= 11 is 9.31. The third-order valence-electron chi connectivity index (χ3n) is 2.24. The lowest BCUT2D eigenvalue weighted by Gasteiger charge is -2.27. The average molecular weight is 277 g/mol. The summed E-state index contributed by atoms with van der Waals surface area (Å²) in [5.74, 6) is 0. The van der Waals surface area contributed by atoms with E-state index in [0.29, 0.717) is 0 Å². The van der Waals surface area contributed by atoms with Crippen molar-refractivity contribution in [2.75, 3.05) is 0 Å². The number of nitrogens with two attached hydrogens (primary N) is 1. The Morgan fingerprint density at radius 1 is 1.36 bits per heavy atom. The molecule has 0 aliphatic heterocycles. The van der Waals surface area contributed by atoms with Gasteiger partial charge in [0, 0.05) is 10.5 Å². The summed E-state index contributed by atoms with van der Waals surface area (Å²) in [6, 6.07) is 5.85. The molecule has 3 heteroatoms. The van der Waals surface area contributed by atoms with Crippen LogP contribution >= 0.6 is 27.5 Å². The lowest BCUT2D eigenvalue weighted by Crippen LogP contribution is -2.26. The standard InChI is InChI=1S/C11H15BrClN/c1-11(2,3)10(14)7-4-5-9(13)8(12)6-7/h4-6,10H,14H2,1-3H3. The van der Waals surface area contributed by atoms with Crippen LogP contribution in [0.5, 0.6) is 0 Å². The van der Waals surface area contributed by atoms with Crippen molar-refractivity contribution in [1.82, 2.24) is 0 Å². The molecular formula is C11H15BrClN. The highest BCUT2D eigenvalue weighted by Gasteiger charge is 2.22. The Labute approximate surface area is 98.8 Å². The van der Waals surface area contributed by atoms with Crippen molar-refractivity contribution in [3.63, 3.8) is 0 Å². The fraction of sp³-hybridized carbons (Fsp3) is 0.455. The summed E-state index contributed by atoms with van der Waals surface area (Å²) in [5, 5.41) is 0.717. The Hall–Kier alpha value is -0.0500. The van der Waals surface area contributed by atoms with E-state index < -0.39 is 0 Å². The highest BCUT2D eigenvalue weighted by atomic mass is 79.9. The predicted molar refractivity (Wildman–Crippen MR) is 65.5 cm³/mol. The van der Waals surface area contributed by atoms with Gasteiger partial charge in [0.25, 0.3) is 0 Å². The van der Waals surface area contributed by atoms with E-state index in [-0.39, 0.29) is 11.5 Å². The van der Waals surface area contributed by atoms with Gasteiger partial charge in [0.2, 0.25) is 0 Å². The molecule has 0 spiro atoms. The Morgan fingerprint density at radius 2 is 1.93 bits per heavy atom. The minimum absolute atomic E-state index is 0.0241. The maximum absolute atomic E-state index is 6.13. The van der Waals surface area contributed by atoms with Gasteiger partial charge >= 0.3 is 0 Å². The van der Waals surface area contributed by atoms with Gasteiger partial charge in [0.05, 0.1) is 5.02 Å². The van der Waals surface area contributed by atoms with E-state index in [1.807, 2.05) is 18.2 Å². The molecule has 1 aromatic carbocycles. The zero-order valence-corrected chi connectivity index (χ0v) is 11.0. The van der Waals surface area contributed by atoms with Crippen LogP contribution in [0.4, 0.5) is 0 Å². The number of rotatable bonds is 1. The Kier molecular flexibility index (Phi) is 3.62. The van der Waals surface area contributed by atoms with Crippen LogP contribution in [0.2, 0.25) is 5.02 Å². The smallest absolute Gasteiger partial charge is 0.0548 e. The van der Waals surface area contributed by atoms with Crippen LogP contribution in [0.25, 0.3) is 0 Å². The lowest BCUT2D eigenvalue weighted by molar-refractivity contribution is 0.327. The first kappa shape index (κ1) is 12.0. The largest absolute Gasteiger partial charge is 0.324 e. The number of hydrogen-bond acceptors (Lipinski definition) is 1. The number of halogens is 2. The summed E-state index contributed by atoms with van der Waals surface area (Å²) in [4.78, 5) is 0. The molecule has 1 nitrogen and oxygen atoms in total. The first-order valence-corrected chi connectivity index (χ1v) is 5.70. The summed E-state index contributed by atoms with van der Waals surface area (Å²) < 4.78 is 0.899. The second-order valence-corrected chi connectivity index (χ2v) is 5.78. The molecule has 0 aliphatic rings. The predicted octanol–water partition coefficient (Wildman–Crippen LogP) is 4.15. The molecule has 0 radical (unpaired) electrons. The minimum atomic E-state index is 0.0241. The Bertz CT molecular complexity index is 331.